The average molecular weight is 565 g/mol. The maximum Gasteiger partial charge on any atom is 0.229 e. The average Bonchev–Trinajstić information content (AvgIpc) is 3.13. The Morgan fingerprint density at radius 3 is 2.65 bits per heavy atom. The van der Waals surface area contributed by atoms with Crippen molar-refractivity contribution in [1.82, 2.24) is 10.6 Å². The first-order valence-electron chi connectivity index (χ1n) is 9.48. The Balaban J connectivity index is 0.00000341. The quantitative estimate of drug-likeness (QED) is 0.285. The third-order valence-corrected chi connectivity index (χ3v) is 5.35. The summed E-state index contributed by atoms with van der Waals surface area (Å²) in [7, 11) is -1.74. The molecule has 1 atom stereocenters. The molecule has 3 rings (SSSR count). The molecule has 0 aromatic heterocycles. The molecule has 1 fully saturated rings. The third kappa shape index (κ3) is 7.20. The topological polar surface area (TPSA) is 85.8 Å². The number of hydrogen-bond acceptors (Lipinski definition) is 4. The Morgan fingerprint density at radius 2 is 1.97 bits per heavy atom. The van der Waals surface area contributed by atoms with Crippen molar-refractivity contribution in [3.63, 3.8) is 0 Å². The summed E-state index contributed by atoms with van der Waals surface area (Å²) in [4.78, 5) is 6.08. The van der Waals surface area contributed by atoms with Crippen molar-refractivity contribution < 1.29 is 17.2 Å². The van der Waals surface area contributed by atoms with E-state index in [0.29, 0.717) is 37.0 Å². The smallest absolute Gasteiger partial charge is 0.229 e. The van der Waals surface area contributed by atoms with E-state index in [2.05, 4.69) is 20.3 Å². The van der Waals surface area contributed by atoms with Gasteiger partial charge in [0.25, 0.3) is 0 Å². The van der Waals surface area contributed by atoms with Crippen LogP contribution >= 0.6 is 24.0 Å². The number of halogens is 3. The van der Waals surface area contributed by atoms with Gasteiger partial charge in [-0.15, -0.1) is 24.0 Å². The summed E-state index contributed by atoms with van der Waals surface area (Å²) >= 11 is 0. The van der Waals surface area contributed by atoms with E-state index in [0.717, 1.165) is 24.3 Å². The Hall–Kier alpha value is -2.15. The van der Waals surface area contributed by atoms with E-state index in [9.17, 15) is 17.2 Å². The van der Waals surface area contributed by atoms with Crippen molar-refractivity contribution >= 4 is 51.3 Å². The highest BCUT2D eigenvalue weighted by atomic mass is 127. The molecule has 0 amide bonds. The molecule has 0 spiro atoms. The zero-order chi connectivity index (χ0) is 21.7. The normalized spacial score (nSPS) is 16.6. The molecule has 1 unspecified atom stereocenters. The molecule has 0 saturated carbocycles. The van der Waals surface area contributed by atoms with Crippen molar-refractivity contribution in [1.29, 1.82) is 0 Å². The number of para-hydroxylation sites is 1. The van der Waals surface area contributed by atoms with Gasteiger partial charge in [-0.2, -0.15) is 0 Å². The molecule has 11 heteroatoms. The molecule has 2 aromatic carbocycles. The second-order valence-corrected chi connectivity index (χ2v) is 8.88. The lowest BCUT2D eigenvalue weighted by Gasteiger charge is -2.21. The highest BCUT2D eigenvalue weighted by Gasteiger charge is 2.25. The van der Waals surface area contributed by atoms with Crippen LogP contribution in [0.4, 0.5) is 20.2 Å². The summed E-state index contributed by atoms with van der Waals surface area (Å²) in [6, 6.07) is 10.7. The van der Waals surface area contributed by atoms with E-state index < -0.39 is 21.7 Å². The second-order valence-electron chi connectivity index (χ2n) is 7.13. The number of aliphatic imine (C=N–C) groups is 1. The summed E-state index contributed by atoms with van der Waals surface area (Å²) in [5, 5.41) is 6.47. The van der Waals surface area contributed by atoms with Gasteiger partial charge in [-0.05, 0) is 30.2 Å². The Bertz CT molecular complexity index is 1040. The zero-order valence-electron chi connectivity index (χ0n) is 17.2. The Labute approximate surface area is 198 Å². The summed E-state index contributed by atoms with van der Waals surface area (Å²) in [5.74, 6) is -0.621. The van der Waals surface area contributed by atoms with E-state index in [1.165, 1.54) is 12.1 Å². The van der Waals surface area contributed by atoms with Crippen LogP contribution in [0.5, 0.6) is 0 Å². The molecule has 0 bridgehead atoms. The van der Waals surface area contributed by atoms with Gasteiger partial charge in [0.15, 0.2) is 5.96 Å². The van der Waals surface area contributed by atoms with Crippen LogP contribution < -0.4 is 20.3 Å². The van der Waals surface area contributed by atoms with Crippen LogP contribution in [0.2, 0.25) is 0 Å². The number of guanidine groups is 1. The molecular weight excluding hydrogens is 539 g/mol. The standard InChI is InChI=1S/C20H25F2N5O2S.HI/c1-23-20(24-12-14-5-3-4-6-18(14)26-30(2,28)29)25-16-9-10-27(13-16)19-8-7-15(21)11-17(19)22;/h3-8,11,16,26H,9-10,12-13H2,1-2H3,(H2,23,24,25);1H. The first kappa shape index (κ1) is 25.1. The highest BCUT2D eigenvalue weighted by Crippen LogP contribution is 2.24. The lowest BCUT2D eigenvalue weighted by Crippen LogP contribution is -2.44. The summed E-state index contributed by atoms with van der Waals surface area (Å²) in [6.07, 6.45) is 1.87. The van der Waals surface area contributed by atoms with Gasteiger partial charge in [0, 0.05) is 38.8 Å². The molecule has 2 aromatic rings. The van der Waals surface area contributed by atoms with Crippen LogP contribution in [0, 0.1) is 11.6 Å². The fraction of sp³-hybridized carbons (Fsp3) is 0.350. The summed E-state index contributed by atoms with van der Waals surface area (Å²) < 4.78 is 52.8. The minimum Gasteiger partial charge on any atom is -0.367 e. The number of nitrogens with zero attached hydrogens (tertiary/aromatic N) is 2. The van der Waals surface area contributed by atoms with Gasteiger partial charge < -0.3 is 15.5 Å². The summed E-state index contributed by atoms with van der Waals surface area (Å²) in [5.41, 5.74) is 1.65. The Morgan fingerprint density at radius 1 is 1.23 bits per heavy atom. The third-order valence-electron chi connectivity index (χ3n) is 4.76. The van der Waals surface area contributed by atoms with Gasteiger partial charge in [0.2, 0.25) is 10.0 Å². The van der Waals surface area contributed by atoms with E-state index in [1.54, 1.807) is 19.2 Å². The number of anilines is 2. The van der Waals surface area contributed by atoms with E-state index >= 15 is 0 Å². The molecule has 0 aliphatic carbocycles. The largest absolute Gasteiger partial charge is 0.367 e. The highest BCUT2D eigenvalue weighted by molar-refractivity contribution is 14.0. The SMILES string of the molecule is CN=C(NCc1ccccc1NS(C)(=O)=O)NC1CCN(c2ccc(F)cc2F)C1.I. The predicted octanol–water partition coefficient (Wildman–Crippen LogP) is 2.90. The van der Waals surface area contributed by atoms with Crippen LogP contribution in [0.25, 0.3) is 0 Å². The lowest BCUT2D eigenvalue weighted by atomic mass is 10.2. The van der Waals surface area contributed by atoms with Crippen molar-refractivity contribution in [3.8, 4) is 0 Å². The van der Waals surface area contributed by atoms with Crippen LogP contribution in [-0.2, 0) is 16.6 Å². The van der Waals surface area contributed by atoms with Crippen molar-refractivity contribution in [3.05, 3.63) is 59.7 Å². The molecular formula is C20H26F2IN5O2S. The molecule has 1 aliphatic rings. The zero-order valence-corrected chi connectivity index (χ0v) is 20.4. The van der Waals surface area contributed by atoms with Crippen LogP contribution in [0.3, 0.4) is 0 Å². The van der Waals surface area contributed by atoms with Crippen LogP contribution in [-0.4, -0.2) is 46.8 Å². The first-order chi connectivity index (χ1) is 14.2. The van der Waals surface area contributed by atoms with E-state index in [4.69, 9.17) is 0 Å². The Kier molecular flexibility index (Phi) is 8.86. The monoisotopic (exact) mass is 565 g/mol. The molecule has 1 saturated heterocycles. The van der Waals surface area contributed by atoms with Gasteiger partial charge in [0.1, 0.15) is 11.6 Å². The molecule has 0 radical (unpaired) electrons. The van der Waals surface area contributed by atoms with Crippen molar-refractivity contribution in [2.75, 3.05) is 36.0 Å². The van der Waals surface area contributed by atoms with Crippen molar-refractivity contribution in [2.45, 2.75) is 19.0 Å². The lowest BCUT2D eigenvalue weighted by molar-refractivity contribution is 0.580. The van der Waals surface area contributed by atoms with E-state index in [1.807, 2.05) is 17.0 Å². The maximum atomic E-state index is 14.0. The number of sulfonamides is 1. The number of nitrogens with one attached hydrogen (secondary N) is 3. The minimum absolute atomic E-state index is 0. The second kappa shape index (κ2) is 10.9. The van der Waals surface area contributed by atoms with E-state index in [-0.39, 0.29) is 30.0 Å². The molecule has 7 nitrogen and oxygen atoms in total. The van der Waals surface area contributed by atoms with Crippen LogP contribution in [0.1, 0.15) is 12.0 Å². The fourth-order valence-electron chi connectivity index (χ4n) is 3.38. The summed E-state index contributed by atoms with van der Waals surface area (Å²) in [6.45, 7) is 1.55. The molecule has 31 heavy (non-hydrogen) atoms. The number of rotatable bonds is 6. The van der Waals surface area contributed by atoms with Gasteiger partial charge in [-0.25, -0.2) is 17.2 Å². The van der Waals surface area contributed by atoms with Gasteiger partial charge >= 0.3 is 0 Å². The molecule has 3 N–H and O–H groups in total. The van der Waals surface area contributed by atoms with Gasteiger partial charge in [0.05, 0.1) is 17.6 Å². The molecule has 1 aliphatic heterocycles. The fourth-order valence-corrected chi connectivity index (χ4v) is 3.97. The number of hydrogen-bond donors (Lipinski definition) is 3. The molecule has 1 heterocycles. The van der Waals surface area contributed by atoms with Gasteiger partial charge in [-0.1, -0.05) is 18.2 Å². The van der Waals surface area contributed by atoms with Crippen LogP contribution in [0.15, 0.2) is 47.5 Å². The predicted molar refractivity (Wildman–Crippen MR) is 131 cm³/mol. The minimum atomic E-state index is -3.38. The maximum absolute atomic E-state index is 14.0. The number of benzene rings is 2. The van der Waals surface area contributed by atoms with Gasteiger partial charge in [-0.3, -0.25) is 9.71 Å². The van der Waals surface area contributed by atoms with Crippen molar-refractivity contribution in [2.24, 2.45) is 4.99 Å². The molecule has 170 valence electrons. The first-order valence-corrected chi connectivity index (χ1v) is 11.4.